The molecule has 5 heteroatoms. The molecule has 0 bridgehead atoms. The van der Waals surface area contributed by atoms with E-state index in [1.807, 2.05) is 60.7 Å². The third-order valence-electron chi connectivity index (χ3n) is 4.10. The van der Waals surface area contributed by atoms with Crippen LogP contribution in [0.3, 0.4) is 0 Å². The minimum atomic E-state index is -0.701. The van der Waals surface area contributed by atoms with Gasteiger partial charge in [-0.2, -0.15) is 0 Å². The summed E-state index contributed by atoms with van der Waals surface area (Å²) in [5, 5.41) is 0. The van der Waals surface area contributed by atoms with Gasteiger partial charge in [0.05, 0.1) is 25.4 Å². The Bertz CT molecular complexity index is 728. The summed E-state index contributed by atoms with van der Waals surface area (Å²) in [6.45, 7) is 0. The fourth-order valence-electron chi connectivity index (χ4n) is 2.95. The van der Waals surface area contributed by atoms with Crippen molar-refractivity contribution in [1.82, 2.24) is 0 Å². The highest BCUT2D eigenvalue weighted by atomic mass is 16.5. The Morgan fingerprint density at radius 2 is 1.08 bits per heavy atom. The molecule has 0 saturated heterocycles. The summed E-state index contributed by atoms with van der Waals surface area (Å²) in [6.07, 6.45) is -1.40. The Morgan fingerprint density at radius 1 is 0.720 bits per heavy atom. The fourth-order valence-corrected chi connectivity index (χ4v) is 2.95. The summed E-state index contributed by atoms with van der Waals surface area (Å²) in [6, 6.07) is 18.5. The Kier molecular flexibility index (Phi) is 4.95. The maximum atomic E-state index is 12.4. The first kappa shape index (κ1) is 16.9. The molecule has 1 aliphatic rings. The van der Waals surface area contributed by atoms with Crippen LogP contribution in [0.15, 0.2) is 71.8 Å². The van der Waals surface area contributed by atoms with E-state index in [9.17, 15) is 9.59 Å². The second kappa shape index (κ2) is 7.32. The molecule has 2 aromatic carbocycles. The summed E-state index contributed by atoms with van der Waals surface area (Å²) in [4.78, 5) is 24.9. The quantitative estimate of drug-likeness (QED) is 0.802. The molecule has 0 radical (unpaired) electrons. The Hall–Kier alpha value is -2.92. The van der Waals surface area contributed by atoms with Gasteiger partial charge in [-0.25, -0.2) is 9.59 Å². The van der Waals surface area contributed by atoms with Crippen LogP contribution in [0.25, 0.3) is 0 Å². The molecule has 0 aromatic heterocycles. The van der Waals surface area contributed by atoms with E-state index >= 15 is 0 Å². The van der Waals surface area contributed by atoms with E-state index in [2.05, 4.69) is 0 Å². The number of ether oxygens (including phenoxy) is 3. The molecule has 0 fully saturated rings. The lowest BCUT2D eigenvalue weighted by Crippen LogP contribution is -2.16. The summed E-state index contributed by atoms with van der Waals surface area (Å²) < 4.78 is 15.9. The molecule has 2 atom stereocenters. The van der Waals surface area contributed by atoms with Crippen LogP contribution >= 0.6 is 0 Å². The van der Waals surface area contributed by atoms with Crippen molar-refractivity contribution in [3.05, 3.63) is 82.9 Å². The molecule has 3 rings (SSSR count). The lowest BCUT2D eigenvalue weighted by Gasteiger charge is -2.17. The van der Waals surface area contributed by atoms with Crippen molar-refractivity contribution in [2.45, 2.75) is 12.2 Å². The van der Waals surface area contributed by atoms with Gasteiger partial charge in [0.1, 0.15) is 12.2 Å². The molecule has 128 valence electrons. The van der Waals surface area contributed by atoms with Crippen LogP contribution in [0.5, 0.6) is 0 Å². The van der Waals surface area contributed by atoms with Crippen LogP contribution in [-0.4, -0.2) is 26.2 Å². The Labute approximate surface area is 145 Å². The van der Waals surface area contributed by atoms with Gasteiger partial charge in [-0.05, 0) is 11.1 Å². The zero-order valence-corrected chi connectivity index (χ0v) is 14.0. The van der Waals surface area contributed by atoms with Crippen molar-refractivity contribution >= 4 is 11.9 Å². The number of rotatable bonds is 4. The van der Waals surface area contributed by atoms with E-state index < -0.39 is 24.1 Å². The van der Waals surface area contributed by atoms with Crippen LogP contribution in [0.4, 0.5) is 0 Å². The molecule has 2 aromatic rings. The summed E-state index contributed by atoms with van der Waals surface area (Å²) >= 11 is 0. The topological polar surface area (TPSA) is 61.8 Å². The molecule has 1 heterocycles. The molecular weight excluding hydrogens is 320 g/mol. The van der Waals surface area contributed by atoms with E-state index in [1.165, 1.54) is 14.2 Å². The predicted octanol–water partition coefficient (Wildman–Crippen LogP) is 3.14. The van der Waals surface area contributed by atoms with Gasteiger partial charge in [0.2, 0.25) is 0 Å². The van der Waals surface area contributed by atoms with E-state index in [1.54, 1.807) is 0 Å². The summed E-state index contributed by atoms with van der Waals surface area (Å²) in [5.41, 5.74) is 1.88. The van der Waals surface area contributed by atoms with Crippen LogP contribution in [0.1, 0.15) is 23.3 Å². The maximum Gasteiger partial charge on any atom is 0.337 e. The van der Waals surface area contributed by atoms with Crippen LogP contribution in [0.2, 0.25) is 0 Å². The SMILES string of the molecule is COC(=O)C1=C(C(=O)OC)[C@@H](c2ccccc2)O[C@H]1c1ccccc1. The monoisotopic (exact) mass is 338 g/mol. The molecule has 0 spiro atoms. The first-order valence-corrected chi connectivity index (χ1v) is 7.83. The third kappa shape index (κ3) is 3.19. The van der Waals surface area contributed by atoms with Gasteiger partial charge in [-0.15, -0.1) is 0 Å². The smallest absolute Gasteiger partial charge is 0.337 e. The minimum absolute atomic E-state index is 0.175. The molecular formula is C20H18O5. The van der Waals surface area contributed by atoms with Crippen LogP contribution in [-0.2, 0) is 23.8 Å². The van der Waals surface area contributed by atoms with Gasteiger partial charge in [-0.1, -0.05) is 60.7 Å². The van der Waals surface area contributed by atoms with Crippen molar-refractivity contribution in [1.29, 1.82) is 0 Å². The molecule has 5 nitrogen and oxygen atoms in total. The second-order valence-electron chi connectivity index (χ2n) is 5.53. The van der Waals surface area contributed by atoms with E-state index in [-0.39, 0.29) is 11.1 Å². The number of carbonyl (C=O) groups is 2. The molecule has 0 N–H and O–H groups in total. The fraction of sp³-hybridized carbons (Fsp3) is 0.200. The predicted molar refractivity (Wildman–Crippen MR) is 90.5 cm³/mol. The van der Waals surface area contributed by atoms with Gasteiger partial charge >= 0.3 is 11.9 Å². The normalized spacial score (nSPS) is 19.6. The van der Waals surface area contributed by atoms with E-state index in [0.29, 0.717) is 0 Å². The van der Waals surface area contributed by atoms with Gasteiger partial charge in [0.15, 0.2) is 0 Å². The van der Waals surface area contributed by atoms with Crippen molar-refractivity contribution in [2.24, 2.45) is 0 Å². The summed E-state index contributed by atoms with van der Waals surface area (Å²) in [5.74, 6) is -1.21. The second-order valence-corrected chi connectivity index (χ2v) is 5.53. The Balaban J connectivity index is 2.17. The highest BCUT2D eigenvalue weighted by molar-refractivity contribution is 6.03. The largest absolute Gasteiger partial charge is 0.466 e. The van der Waals surface area contributed by atoms with Crippen molar-refractivity contribution in [3.63, 3.8) is 0 Å². The zero-order chi connectivity index (χ0) is 17.8. The lowest BCUT2D eigenvalue weighted by atomic mass is 9.95. The molecule has 1 aliphatic heterocycles. The van der Waals surface area contributed by atoms with Crippen molar-refractivity contribution in [3.8, 4) is 0 Å². The van der Waals surface area contributed by atoms with Gasteiger partial charge in [0.25, 0.3) is 0 Å². The molecule has 0 unspecified atom stereocenters. The van der Waals surface area contributed by atoms with E-state index in [4.69, 9.17) is 14.2 Å². The maximum absolute atomic E-state index is 12.4. The van der Waals surface area contributed by atoms with E-state index in [0.717, 1.165) is 11.1 Å². The number of esters is 2. The molecule has 0 amide bonds. The number of methoxy groups -OCH3 is 2. The molecule has 0 saturated carbocycles. The number of benzene rings is 2. The van der Waals surface area contributed by atoms with Crippen LogP contribution < -0.4 is 0 Å². The highest BCUT2D eigenvalue weighted by Gasteiger charge is 2.44. The van der Waals surface area contributed by atoms with Gasteiger partial charge in [0, 0.05) is 0 Å². The number of hydrogen-bond acceptors (Lipinski definition) is 5. The molecule has 25 heavy (non-hydrogen) atoms. The standard InChI is InChI=1S/C20H18O5/c1-23-19(21)15-16(20(22)24-2)18(14-11-7-4-8-12-14)25-17(15)13-9-5-3-6-10-13/h3-12,17-18H,1-2H3/t17-,18+. The zero-order valence-electron chi connectivity index (χ0n) is 14.0. The van der Waals surface area contributed by atoms with Crippen molar-refractivity contribution < 1.29 is 23.8 Å². The number of hydrogen-bond donors (Lipinski definition) is 0. The molecule has 0 aliphatic carbocycles. The Morgan fingerprint density at radius 3 is 1.40 bits per heavy atom. The first-order chi connectivity index (χ1) is 12.2. The average Bonchev–Trinajstić information content (AvgIpc) is 3.08. The van der Waals surface area contributed by atoms with Crippen LogP contribution in [0, 0.1) is 0 Å². The highest BCUT2D eigenvalue weighted by Crippen LogP contribution is 2.46. The lowest BCUT2D eigenvalue weighted by molar-refractivity contribution is -0.139. The summed E-state index contributed by atoms with van der Waals surface area (Å²) in [7, 11) is 2.56. The average molecular weight is 338 g/mol. The number of carbonyl (C=O) groups excluding carboxylic acids is 2. The van der Waals surface area contributed by atoms with Gasteiger partial charge < -0.3 is 14.2 Å². The van der Waals surface area contributed by atoms with Gasteiger partial charge in [-0.3, -0.25) is 0 Å². The van der Waals surface area contributed by atoms with Crippen molar-refractivity contribution in [2.75, 3.05) is 14.2 Å². The first-order valence-electron chi connectivity index (χ1n) is 7.83. The third-order valence-corrected chi connectivity index (χ3v) is 4.10. The minimum Gasteiger partial charge on any atom is -0.466 e.